The smallest absolute Gasteiger partial charge is 0.251 e. The molecule has 0 radical (unpaired) electrons. The minimum atomic E-state index is -0.386. The van der Waals surface area contributed by atoms with Crippen LogP contribution in [0.5, 0.6) is 0 Å². The van der Waals surface area contributed by atoms with Gasteiger partial charge in [0.25, 0.3) is 5.91 Å². The van der Waals surface area contributed by atoms with Crippen molar-refractivity contribution >= 4 is 17.7 Å². The van der Waals surface area contributed by atoms with E-state index in [0.717, 1.165) is 28.6 Å². The Bertz CT molecular complexity index is 1560. The van der Waals surface area contributed by atoms with Gasteiger partial charge in [0.15, 0.2) is 11.0 Å². The number of nitrogens with zero attached hydrogens (tertiary/aromatic N) is 3. The molecule has 1 heterocycles. The van der Waals surface area contributed by atoms with Crippen LogP contribution in [0.1, 0.15) is 57.0 Å². The molecule has 0 saturated heterocycles. The van der Waals surface area contributed by atoms with Crippen molar-refractivity contribution in [3.05, 3.63) is 142 Å². The Morgan fingerprint density at radius 2 is 1.52 bits per heavy atom. The highest BCUT2D eigenvalue weighted by molar-refractivity contribution is 7.98. The summed E-state index contributed by atoms with van der Waals surface area (Å²) in [6.45, 7) is 6.29. The quantitative estimate of drug-likeness (QED) is 0.185. The lowest BCUT2D eigenvalue weighted by molar-refractivity contribution is 0.0934. The predicted octanol–water partition coefficient (Wildman–Crippen LogP) is 7.45. The molecule has 0 aliphatic rings. The lowest BCUT2D eigenvalue weighted by Gasteiger charge is -2.20. The minimum absolute atomic E-state index is 0.129. The van der Waals surface area contributed by atoms with Crippen LogP contribution in [0.15, 0.2) is 108 Å². The number of amides is 1. The second kappa shape index (κ2) is 12.8. The molecular formula is C34H34N4OS. The molecule has 5 nitrogen and oxygen atoms in total. The van der Waals surface area contributed by atoms with E-state index in [1.165, 1.54) is 22.3 Å². The van der Waals surface area contributed by atoms with Crippen molar-refractivity contribution in [1.29, 1.82) is 0 Å². The monoisotopic (exact) mass is 546 g/mol. The van der Waals surface area contributed by atoms with E-state index in [0.29, 0.717) is 17.8 Å². The topological polar surface area (TPSA) is 59.8 Å². The number of hydrogen-bond donors (Lipinski definition) is 1. The highest BCUT2D eigenvalue weighted by Crippen LogP contribution is 2.29. The van der Waals surface area contributed by atoms with E-state index < -0.39 is 0 Å². The van der Waals surface area contributed by atoms with Crippen LogP contribution in [-0.2, 0) is 18.6 Å². The van der Waals surface area contributed by atoms with Crippen LogP contribution in [0, 0.1) is 13.8 Å². The SMILES string of the molecule is CCc1ccc(C(=O)NC(Cc2ccccc2)c2nnc(SCc3cccc(C)c3)n2-c2ccc(C)cc2)cc1. The summed E-state index contributed by atoms with van der Waals surface area (Å²) in [6.07, 6.45) is 1.52. The number of thioether (sulfide) groups is 1. The largest absolute Gasteiger partial charge is 0.342 e. The highest BCUT2D eigenvalue weighted by Gasteiger charge is 2.25. The molecule has 1 unspecified atom stereocenters. The Hall–Kier alpha value is -4.16. The lowest BCUT2D eigenvalue weighted by atomic mass is 10.0. The molecule has 0 aliphatic heterocycles. The Morgan fingerprint density at radius 1 is 0.800 bits per heavy atom. The van der Waals surface area contributed by atoms with Crippen LogP contribution >= 0.6 is 11.8 Å². The first-order valence-corrected chi connectivity index (χ1v) is 14.6. The number of hydrogen-bond acceptors (Lipinski definition) is 4. The van der Waals surface area contributed by atoms with Gasteiger partial charge in [-0.15, -0.1) is 10.2 Å². The van der Waals surface area contributed by atoms with E-state index in [1.807, 2.05) is 42.5 Å². The maximum atomic E-state index is 13.5. The van der Waals surface area contributed by atoms with Crippen LogP contribution in [0.4, 0.5) is 0 Å². The van der Waals surface area contributed by atoms with Crippen molar-refractivity contribution in [2.75, 3.05) is 0 Å². The average Bonchev–Trinajstić information content (AvgIpc) is 3.40. The Morgan fingerprint density at radius 3 is 2.23 bits per heavy atom. The van der Waals surface area contributed by atoms with Crippen LogP contribution in [0.25, 0.3) is 5.69 Å². The summed E-state index contributed by atoms with van der Waals surface area (Å²) in [6, 6.07) is 34.5. The zero-order valence-corrected chi connectivity index (χ0v) is 24.0. The van der Waals surface area contributed by atoms with E-state index in [-0.39, 0.29) is 11.9 Å². The lowest BCUT2D eigenvalue weighted by Crippen LogP contribution is -2.32. The summed E-state index contributed by atoms with van der Waals surface area (Å²) in [5.74, 6) is 1.35. The van der Waals surface area contributed by atoms with Crippen molar-refractivity contribution in [2.45, 2.75) is 50.6 Å². The Balaban J connectivity index is 1.52. The molecule has 0 aliphatic carbocycles. The third kappa shape index (κ3) is 6.69. The first-order chi connectivity index (χ1) is 19.5. The summed E-state index contributed by atoms with van der Waals surface area (Å²) in [4.78, 5) is 13.5. The van der Waals surface area contributed by atoms with E-state index in [1.54, 1.807) is 11.8 Å². The number of carbonyl (C=O) groups is 1. The van der Waals surface area contributed by atoms with E-state index in [9.17, 15) is 4.79 Å². The molecule has 0 saturated carbocycles. The fourth-order valence-corrected chi connectivity index (χ4v) is 5.58. The van der Waals surface area contributed by atoms with Crippen LogP contribution < -0.4 is 5.32 Å². The number of rotatable bonds is 10. The van der Waals surface area contributed by atoms with Crippen molar-refractivity contribution in [3.8, 4) is 5.69 Å². The molecule has 0 fully saturated rings. The van der Waals surface area contributed by atoms with Crippen LogP contribution in [0.2, 0.25) is 0 Å². The maximum Gasteiger partial charge on any atom is 0.251 e. The van der Waals surface area contributed by atoms with Gasteiger partial charge in [-0.1, -0.05) is 109 Å². The van der Waals surface area contributed by atoms with Crippen molar-refractivity contribution in [2.24, 2.45) is 0 Å². The molecule has 202 valence electrons. The number of aryl methyl sites for hydroxylation is 3. The summed E-state index contributed by atoms with van der Waals surface area (Å²) in [5.41, 5.74) is 7.55. The van der Waals surface area contributed by atoms with E-state index >= 15 is 0 Å². The van der Waals surface area contributed by atoms with Gasteiger partial charge in [0.1, 0.15) is 0 Å². The number of aromatic nitrogens is 3. The van der Waals surface area contributed by atoms with Gasteiger partial charge in [-0.3, -0.25) is 9.36 Å². The van der Waals surface area contributed by atoms with Crippen LogP contribution in [0.3, 0.4) is 0 Å². The molecule has 0 spiro atoms. The number of nitrogens with one attached hydrogen (secondary N) is 1. The second-order valence-electron chi connectivity index (χ2n) is 10.1. The van der Waals surface area contributed by atoms with E-state index in [2.05, 4.69) is 96.4 Å². The van der Waals surface area contributed by atoms with Crippen molar-refractivity contribution in [3.63, 3.8) is 0 Å². The molecule has 1 amide bonds. The molecule has 5 aromatic rings. The zero-order chi connectivity index (χ0) is 27.9. The Labute approximate surface area is 240 Å². The van der Waals surface area contributed by atoms with Gasteiger partial charge in [0.2, 0.25) is 0 Å². The molecular weight excluding hydrogens is 512 g/mol. The van der Waals surface area contributed by atoms with Crippen LogP contribution in [-0.4, -0.2) is 20.7 Å². The van der Waals surface area contributed by atoms with Gasteiger partial charge in [-0.2, -0.15) is 0 Å². The van der Waals surface area contributed by atoms with Gasteiger partial charge in [0, 0.05) is 17.0 Å². The van der Waals surface area contributed by atoms with Crippen molar-refractivity contribution < 1.29 is 4.79 Å². The molecule has 4 aromatic carbocycles. The first kappa shape index (κ1) is 27.4. The van der Waals surface area contributed by atoms with Gasteiger partial charge in [-0.05, 0) is 67.6 Å². The molecule has 1 atom stereocenters. The van der Waals surface area contributed by atoms with Gasteiger partial charge in [-0.25, -0.2) is 0 Å². The number of carbonyl (C=O) groups excluding carboxylic acids is 1. The standard InChI is InChI=1S/C34H34N4OS/c1-4-26-15-17-29(18-16-26)33(39)35-31(22-27-10-6-5-7-11-27)32-36-37-34(38(32)30-19-13-24(2)14-20-30)40-23-28-12-8-9-25(3)21-28/h5-21,31H,4,22-23H2,1-3H3,(H,35,39). The summed E-state index contributed by atoms with van der Waals surface area (Å²) < 4.78 is 2.09. The maximum absolute atomic E-state index is 13.5. The summed E-state index contributed by atoms with van der Waals surface area (Å²) in [7, 11) is 0. The Kier molecular flexibility index (Phi) is 8.77. The molecule has 6 heteroatoms. The first-order valence-electron chi connectivity index (χ1n) is 13.6. The van der Waals surface area contributed by atoms with E-state index in [4.69, 9.17) is 5.10 Å². The predicted molar refractivity (Wildman–Crippen MR) is 163 cm³/mol. The molecule has 0 bridgehead atoms. The molecule has 1 aromatic heterocycles. The molecule has 40 heavy (non-hydrogen) atoms. The van der Waals surface area contributed by atoms with Gasteiger partial charge in [0.05, 0.1) is 6.04 Å². The molecule has 1 N–H and O–H groups in total. The third-order valence-corrected chi connectivity index (χ3v) is 7.93. The van der Waals surface area contributed by atoms with Gasteiger partial charge < -0.3 is 5.32 Å². The highest BCUT2D eigenvalue weighted by atomic mass is 32.2. The average molecular weight is 547 g/mol. The fraction of sp³-hybridized carbons (Fsp3) is 0.206. The van der Waals surface area contributed by atoms with Crippen molar-refractivity contribution in [1.82, 2.24) is 20.1 Å². The zero-order valence-electron chi connectivity index (χ0n) is 23.2. The number of benzene rings is 4. The summed E-state index contributed by atoms with van der Waals surface area (Å²) >= 11 is 1.65. The fourth-order valence-electron chi connectivity index (χ4n) is 4.68. The minimum Gasteiger partial charge on any atom is -0.342 e. The normalized spacial score (nSPS) is 11.8. The summed E-state index contributed by atoms with van der Waals surface area (Å²) in [5, 5.41) is 13.4. The van der Waals surface area contributed by atoms with Gasteiger partial charge >= 0.3 is 0 Å². The second-order valence-corrected chi connectivity index (χ2v) is 11.0. The third-order valence-electron chi connectivity index (χ3n) is 6.93. The molecule has 5 rings (SSSR count).